The highest BCUT2D eigenvalue weighted by Gasteiger charge is 2.38. The first-order valence-corrected chi connectivity index (χ1v) is 7.99. The summed E-state index contributed by atoms with van der Waals surface area (Å²) in [5.74, 6) is 0.590. The molecule has 1 heterocycles. The summed E-state index contributed by atoms with van der Waals surface area (Å²) in [5, 5.41) is 5.75. The van der Waals surface area contributed by atoms with Crippen molar-refractivity contribution < 1.29 is 4.79 Å². The summed E-state index contributed by atoms with van der Waals surface area (Å²) in [5.41, 5.74) is 7.02. The van der Waals surface area contributed by atoms with E-state index in [1.807, 2.05) is 6.92 Å². The van der Waals surface area contributed by atoms with Crippen LogP contribution in [0.5, 0.6) is 0 Å². The number of halogens is 1. The Morgan fingerprint density at radius 1 is 1.45 bits per heavy atom. The van der Waals surface area contributed by atoms with Crippen LogP contribution in [0.2, 0.25) is 0 Å². The molecule has 0 bridgehead atoms. The van der Waals surface area contributed by atoms with Gasteiger partial charge < -0.3 is 11.1 Å². The lowest BCUT2D eigenvalue weighted by molar-refractivity contribution is -0.122. The number of amides is 1. The third-order valence-electron chi connectivity index (χ3n) is 4.32. The van der Waals surface area contributed by atoms with Crippen LogP contribution in [-0.4, -0.2) is 16.4 Å². The molecule has 6 heteroatoms. The molecule has 1 amide bonds. The summed E-state index contributed by atoms with van der Waals surface area (Å²) >= 11 is 1.53. The van der Waals surface area contributed by atoms with E-state index in [4.69, 9.17) is 5.73 Å². The molecule has 0 aliphatic heterocycles. The van der Waals surface area contributed by atoms with Crippen molar-refractivity contribution in [1.82, 2.24) is 4.98 Å². The molecule has 2 atom stereocenters. The van der Waals surface area contributed by atoms with E-state index in [0.717, 1.165) is 36.5 Å². The number of anilines is 1. The normalized spacial score (nSPS) is 29.6. The van der Waals surface area contributed by atoms with E-state index < -0.39 is 0 Å². The predicted molar refractivity (Wildman–Crippen MR) is 84.5 cm³/mol. The molecule has 3 rings (SSSR count). The molecule has 20 heavy (non-hydrogen) atoms. The van der Waals surface area contributed by atoms with Crippen molar-refractivity contribution in [2.75, 3.05) is 5.32 Å². The van der Waals surface area contributed by atoms with Gasteiger partial charge in [-0.3, -0.25) is 4.79 Å². The smallest absolute Gasteiger partial charge is 0.231 e. The van der Waals surface area contributed by atoms with Crippen molar-refractivity contribution in [2.45, 2.75) is 56.9 Å². The fourth-order valence-electron chi connectivity index (χ4n) is 2.89. The zero-order chi connectivity index (χ0) is 13.5. The van der Waals surface area contributed by atoms with Crippen LogP contribution in [0.4, 0.5) is 5.13 Å². The summed E-state index contributed by atoms with van der Waals surface area (Å²) in [6.07, 6.45) is 6.51. The summed E-state index contributed by atoms with van der Waals surface area (Å²) < 4.78 is 0. The molecule has 1 aromatic rings. The number of aromatic nitrogens is 1. The largest absolute Gasteiger partial charge is 0.325 e. The summed E-state index contributed by atoms with van der Waals surface area (Å²) in [6, 6.07) is 0. The molecular weight excluding hydrogens is 294 g/mol. The molecule has 4 nitrogen and oxygen atoms in total. The molecule has 2 aliphatic rings. The van der Waals surface area contributed by atoms with Crippen molar-refractivity contribution in [3.05, 3.63) is 11.1 Å². The first-order valence-electron chi connectivity index (χ1n) is 7.11. The van der Waals surface area contributed by atoms with E-state index in [2.05, 4.69) is 15.7 Å². The van der Waals surface area contributed by atoms with Crippen molar-refractivity contribution in [2.24, 2.45) is 11.7 Å². The SMILES string of the molecule is CC1(N)CCCCC1C(=O)Nc1nc(C2CC2)cs1.Cl. The lowest BCUT2D eigenvalue weighted by Crippen LogP contribution is -2.51. The molecule has 2 unspecified atom stereocenters. The third kappa shape index (κ3) is 3.32. The van der Waals surface area contributed by atoms with Gasteiger partial charge in [-0.2, -0.15) is 0 Å². The van der Waals surface area contributed by atoms with Crippen LogP contribution >= 0.6 is 23.7 Å². The minimum Gasteiger partial charge on any atom is -0.325 e. The van der Waals surface area contributed by atoms with Gasteiger partial charge in [-0.05, 0) is 32.6 Å². The molecule has 0 saturated heterocycles. The van der Waals surface area contributed by atoms with Gasteiger partial charge in [0.25, 0.3) is 0 Å². The van der Waals surface area contributed by atoms with Gasteiger partial charge in [-0.15, -0.1) is 23.7 Å². The van der Waals surface area contributed by atoms with Crippen LogP contribution in [-0.2, 0) is 4.79 Å². The highest BCUT2D eigenvalue weighted by molar-refractivity contribution is 7.13. The number of hydrogen-bond acceptors (Lipinski definition) is 4. The third-order valence-corrected chi connectivity index (χ3v) is 5.09. The molecule has 1 aromatic heterocycles. The molecule has 2 saturated carbocycles. The average molecular weight is 316 g/mol. The van der Waals surface area contributed by atoms with Crippen molar-refractivity contribution >= 4 is 34.8 Å². The van der Waals surface area contributed by atoms with Crippen molar-refractivity contribution in [3.8, 4) is 0 Å². The molecule has 3 N–H and O–H groups in total. The topological polar surface area (TPSA) is 68.0 Å². The molecular formula is C14H22ClN3OS. The van der Waals surface area contributed by atoms with Gasteiger partial charge in [0, 0.05) is 16.8 Å². The Labute approximate surface area is 129 Å². The van der Waals surface area contributed by atoms with E-state index >= 15 is 0 Å². The van der Waals surface area contributed by atoms with E-state index in [1.54, 1.807) is 0 Å². The van der Waals surface area contributed by atoms with E-state index in [-0.39, 0.29) is 29.8 Å². The van der Waals surface area contributed by atoms with E-state index in [0.29, 0.717) is 5.92 Å². The van der Waals surface area contributed by atoms with Gasteiger partial charge in [0.2, 0.25) is 5.91 Å². The van der Waals surface area contributed by atoms with E-state index in [1.165, 1.54) is 24.2 Å². The molecule has 0 spiro atoms. The molecule has 2 aliphatic carbocycles. The maximum atomic E-state index is 12.4. The second kappa shape index (κ2) is 6.00. The van der Waals surface area contributed by atoms with Crippen molar-refractivity contribution in [3.63, 3.8) is 0 Å². The fraction of sp³-hybridized carbons (Fsp3) is 0.714. The Hall–Kier alpha value is -0.650. The van der Waals surface area contributed by atoms with Crippen LogP contribution in [0.25, 0.3) is 0 Å². The van der Waals surface area contributed by atoms with Crippen molar-refractivity contribution in [1.29, 1.82) is 0 Å². The number of carbonyl (C=O) groups is 1. The lowest BCUT2D eigenvalue weighted by Gasteiger charge is -2.36. The van der Waals surface area contributed by atoms with Crippen LogP contribution in [0.15, 0.2) is 5.38 Å². The van der Waals surface area contributed by atoms with Crippen LogP contribution in [0, 0.1) is 5.92 Å². The Morgan fingerprint density at radius 2 is 2.20 bits per heavy atom. The zero-order valence-corrected chi connectivity index (χ0v) is 13.4. The minimum atomic E-state index is -0.376. The van der Waals surface area contributed by atoms with Gasteiger partial charge >= 0.3 is 0 Å². The molecule has 2 fully saturated rings. The first-order chi connectivity index (χ1) is 9.06. The number of carbonyl (C=O) groups excluding carboxylic acids is 1. The standard InChI is InChI=1S/C14H21N3OS.ClH/c1-14(15)7-3-2-4-10(14)12(18)17-13-16-11(8-19-13)9-5-6-9;/h8-10H,2-7,15H2,1H3,(H,16,17,18);1H. The summed E-state index contributed by atoms with van der Waals surface area (Å²) in [6.45, 7) is 1.99. The second-order valence-corrected chi connectivity index (χ2v) is 7.00. The Kier molecular flexibility index (Phi) is 4.72. The summed E-state index contributed by atoms with van der Waals surface area (Å²) in [7, 11) is 0. The lowest BCUT2D eigenvalue weighted by atomic mass is 9.74. The predicted octanol–water partition coefficient (Wildman–Crippen LogP) is 3.29. The second-order valence-electron chi connectivity index (χ2n) is 6.15. The van der Waals surface area contributed by atoms with Gasteiger partial charge in [-0.1, -0.05) is 12.8 Å². The number of thiazole rings is 1. The maximum absolute atomic E-state index is 12.4. The van der Waals surface area contributed by atoms with Gasteiger partial charge in [0.15, 0.2) is 5.13 Å². The number of rotatable bonds is 3. The Balaban J connectivity index is 0.00000147. The average Bonchev–Trinajstić information content (AvgIpc) is 3.10. The maximum Gasteiger partial charge on any atom is 0.231 e. The van der Waals surface area contributed by atoms with Crippen LogP contribution in [0.3, 0.4) is 0 Å². The highest BCUT2D eigenvalue weighted by Crippen LogP contribution is 2.41. The number of nitrogens with zero attached hydrogens (tertiary/aromatic N) is 1. The number of nitrogens with one attached hydrogen (secondary N) is 1. The minimum absolute atomic E-state index is 0. The molecule has 0 radical (unpaired) electrons. The monoisotopic (exact) mass is 315 g/mol. The fourth-order valence-corrected chi connectivity index (χ4v) is 3.69. The Morgan fingerprint density at radius 3 is 2.85 bits per heavy atom. The highest BCUT2D eigenvalue weighted by atomic mass is 35.5. The first kappa shape index (κ1) is 15.7. The molecule has 112 valence electrons. The quantitative estimate of drug-likeness (QED) is 0.899. The van der Waals surface area contributed by atoms with Gasteiger partial charge in [0.05, 0.1) is 11.6 Å². The number of nitrogens with two attached hydrogens (primary N) is 1. The Bertz CT molecular complexity index is 485. The van der Waals surface area contributed by atoms with Gasteiger partial charge in [0.1, 0.15) is 0 Å². The van der Waals surface area contributed by atoms with Crippen LogP contribution in [0.1, 0.15) is 57.1 Å². The summed E-state index contributed by atoms with van der Waals surface area (Å²) in [4.78, 5) is 16.9. The van der Waals surface area contributed by atoms with Gasteiger partial charge in [-0.25, -0.2) is 4.98 Å². The van der Waals surface area contributed by atoms with E-state index in [9.17, 15) is 4.79 Å². The van der Waals surface area contributed by atoms with Crippen LogP contribution < -0.4 is 11.1 Å². The molecule has 0 aromatic carbocycles. The zero-order valence-electron chi connectivity index (χ0n) is 11.7. The number of hydrogen-bond donors (Lipinski definition) is 2.